The third kappa shape index (κ3) is 3.33. The molecule has 2 aromatic heterocycles. The first-order valence-corrected chi connectivity index (χ1v) is 7.17. The second-order valence-corrected chi connectivity index (χ2v) is 5.15. The fourth-order valence-electron chi connectivity index (χ4n) is 2.64. The lowest BCUT2D eigenvalue weighted by atomic mass is 10.3. The van der Waals surface area contributed by atoms with Gasteiger partial charge in [-0.2, -0.15) is 0 Å². The van der Waals surface area contributed by atoms with Gasteiger partial charge in [-0.1, -0.05) is 18.9 Å². The average Bonchev–Trinajstić information content (AvgIpc) is 3.06. The van der Waals surface area contributed by atoms with Crippen molar-refractivity contribution in [1.29, 1.82) is 0 Å². The number of imidazole rings is 1. The van der Waals surface area contributed by atoms with Crippen molar-refractivity contribution in [2.45, 2.75) is 38.3 Å². The molecule has 4 nitrogen and oxygen atoms in total. The van der Waals surface area contributed by atoms with Crippen LogP contribution in [0.2, 0.25) is 0 Å². The Morgan fingerprint density at radius 3 is 3.05 bits per heavy atom. The topological polar surface area (TPSA) is 38.6 Å². The van der Waals surface area contributed by atoms with Crippen LogP contribution in [0.4, 0.5) is 0 Å². The van der Waals surface area contributed by atoms with Gasteiger partial charge < -0.3 is 14.5 Å². The Kier molecular flexibility index (Phi) is 4.10. The molecule has 1 saturated carbocycles. The molecule has 2 aromatic rings. The molecule has 0 spiro atoms. The highest BCUT2D eigenvalue weighted by Crippen LogP contribution is 2.20. The van der Waals surface area contributed by atoms with Crippen LogP contribution in [0.3, 0.4) is 0 Å². The van der Waals surface area contributed by atoms with Crippen LogP contribution >= 0.6 is 0 Å². The number of pyridine rings is 1. The number of aromatic nitrogens is 2. The van der Waals surface area contributed by atoms with Crippen molar-refractivity contribution in [3.8, 4) is 0 Å². The Morgan fingerprint density at radius 1 is 1.32 bits per heavy atom. The number of nitrogens with zero attached hydrogens (tertiary/aromatic N) is 2. The quantitative estimate of drug-likeness (QED) is 0.810. The number of fused-ring (bicyclic) bond motifs is 1. The van der Waals surface area contributed by atoms with Crippen LogP contribution in [0.1, 0.15) is 31.4 Å². The summed E-state index contributed by atoms with van der Waals surface area (Å²) in [5.74, 6) is 0. The summed E-state index contributed by atoms with van der Waals surface area (Å²) in [7, 11) is 0. The van der Waals surface area contributed by atoms with Gasteiger partial charge in [0.15, 0.2) is 0 Å². The lowest BCUT2D eigenvalue weighted by molar-refractivity contribution is 0.0602. The van der Waals surface area contributed by atoms with E-state index >= 15 is 0 Å². The number of hydrogen-bond donors (Lipinski definition) is 1. The second-order valence-electron chi connectivity index (χ2n) is 5.15. The Morgan fingerprint density at radius 2 is 2.21 bits per heavy atom. The summed E-state index contributed by atoms with van der Waals surface area (Å²) >= 11 is 0. The zero-order valence-electron chi connectivity index (χ0n) is 11.2. The maximum atomic E-state index is 5.81. The van der Waals surface area contributed by atoms with Gasteiger partial charge in [-0.3, -0.25) is 0 Å². The van der Waals surface area contributed by atoms with Gasteiger partial charge in [0.2, 0.25) is 0 Å². The van der Waals surface area contributed by atoms with E-state index in [9.17, 15) is 0 Å². The smallest absolute Gasteiger partial charge is 0.137 e. The van der Waals surface area contributed by atoms with E-state index in [1.165, 1.54) is 25.7 Å². The summed E-state index contributed by atoms with van der Waals surface area (Å²) < 4.78 is 7.86. The molecule has 1 aliphatic carbocycles. The fourth-order valence-corrected chi connectivity index (χ4v) is 2.64. The molecular weight excluding hydrogens is 238 g/mol. The largest absolute Gasteiger partial charge is 0.377 e. The monoisotopic (exact) mass is 259 g/mol. The molecule has 0 radical (unpaired) electrons. The molecule has 1 N–H and O–H groups in total. The maximum Gasteiger partial charge on any atom is 0.137 e. The molecule has 0 aromatic carbocycles. The van der Waals surface area contributed by atoms with E-state index in [4.69, 9.17) is 4.74 Å². The van der Waals surface area contributed by atoms with Gasteiger partial charge in [0.05, 0.1) is 18.4 Å². The Bertz CT molecular complexity index is 484. The van der Waals surface area contributed by atoms with Crippen LogP contribution in [-0.4, -0.2) is 28.6 Å². The molecule has 3 rings (SSSR count). The highest BCUT2D eigenvalue weighted by atomic mass is 16.5. The second kappa shape index (κ2) is 6.17. The summed E-state index contributed by atoms with van der Waals surface area (Å²) in [6.45, 7) is 2.50. The first-order valence-electron chi connectivity index (χ1n) is 7.17. The van der Waals surface area contributed by atoms with Crippen LogP contribution in [-0.2, 0) is 11.3 Å². The zero-order valence-corrected chi connectivity index (χ0v) is 11.2. The number of hydrogen-bond acceptors (Lipinski definition) is 3. The van der Waals surface area contributed by atoms with E-state index in [2.05, 4.69) is 16.5 Å². The van der Waals surface area contributed by atoms with Crippen molar-refractivity contribution in [3.63, 3.8) is 0 Å². The van der Waals surface area contributed by atoms with Crippen LogP contribution < -0.4 is 5.32 Å². The van der Waals surface area contributed by atoms with E-state index in [0.717, 1.165) is 31.0 Å². The van der Waals surface area contributed by atoms with Crippen molar-refractivity contribution in [3.05, 3.63) is 36.3 Å². The van der Waals surface area contributed by atoms with E-state index in [0.29, 0.717) is 6.10 Å². The highest BCUT2D eigenvalue weighted by Gasteiger charge is 2.14. The van der Waals surface area contributed by atoms with E-state index in [-0.39, 0.29) is 0 Å². The number of ether oxygens (including phenoxy) is 1. The van der Waals surface area contributed by atoms with Gasteiger partial charge in [0, 0.05) is 25.5 Å². The van der Waals surface area contributed by atoms with E-state index < -0.39 is 0 Å². The SMILES string of the molecule is c1ccn2cc(CNCCOC3CCCC3)nc2c1. The van der Waals surface area contributed by atoms with Gasteiger partial charge in [-0.15, -0.1) is 0 Å². The molecule has 0 amide bonds. The summed E-state index contributed by atoms with van der Waals surface area (Å²) in [6, 6.07) is 6.04. The third-order valence-electron chi connectivity index (χ3n) is 3.65. The van der Waals surface area contributed by atoms with E-state index in [1.54, 1.807) is 0 Å². The minimum atomic E-state index is 0.511. The molecule has 102 valence electrons. The average molecular weight is 259 g/mol. The van der Waals surface area contributed by atoms with E-state index in [1.807, 2.05) is 28.8 Å². The molecule has 0 atom stereocenters. The van der Waals surface area contributed by atoms with Crippen LogP contribution in [0, 0.1) is 0 Å². The van der Waals surface area contributed by atoms with Gasteiger partial charge in [-0.05, 0) is 25.0 Å². The van der Waals surface area contributed by atoms with Gasteiger partial charge in [0.25, 0.3) is 0 Å². The normalized spacial score (nSPS) is 16.4. The molecule has 1 fully saturated rings. The first-order chi connectivity index (χ1) is 9.42. The molecular formula is C15H21N3O. The van der Waals surface area contributed by atoms with Crippen molar-refractivity contribution >= 4 is 5.65 Å². The summed E-state index contributed by atoms with van der Waals surface area (Å²) in [4.78, 5) is 4.55. The summed E-state index contributed by atoms with van der Waals surface area (Å²) in [5.41, 5.74) is 2.08. The van der Waals surface area contributed by atoms with Gasteiger partial charge in [-0.25, -0.2) is 4.98 Å². The van der Waals surface area contributed by atoms with Crippen molar-refractivity contribution < 1.29 is 4.74 Å². The summed E-state index contributed by atoms with van der Waals surface area (Å²) in [6.07, 6.45) is 9.75. The van der Waals surface area contributed by atoms with Gasteiger partial charge in [0.1, 0.15) is 5.65 Å². The van der Waals surface area contributed by atoms with Crippen molar-refractivity contribution in [1.82, 2.24) is 14.7 Å². The molecule has 19 heavy (non-hydrogen) atoms. The van der Waals surface area contributed by atoms with Crippen LogP contribution in [0.25, 0.3) is 5.65 Å². The van der Waals surface area contributed by atoms with Crippen molar-refractivity contribution in [2.75, 3.05) is 13.2 Å². The standard InChI is InChI=1S/C15H21N3O/c1-2-6-14(5-1)19-10-8-16-11-13-12-18-9-4-3-7-15(18)17-13/h3-4,7,9,12,14,16H,1-2,5-6,8,10-11H2. The number of nitrogens with one attached hydrogen (secondary N) is 1. The Hall–Kier alpha value is -1.39. The fraction of sp³-hybridized carbons (Fsp3) is 0.533. The molecule has 1 aliphatic rings. The Balaban J connectivity index is 1.39. The maximum absolute atomic E-state index is 5.81. The lowest BCUT2D eigenvalue weighted by Crippen LogP contribution is -2.22. The molecule has 0 saturated heterocycles. The lowest BCUT2D eigenvalue weighted by Gasteiger charge is -2.10. The Labute approximate surface area is 113 Å². The zero-order chi connectivity index (χ0) is 12.9. The highest BCUT2D eigenvalue weighted by molar-refractivity contribution is 5.39. The van der Waals surface area contributed by atoms with Crippen LogP contribution in [0.5, 0.6) is 0 Å². The number of rotatable bonds is 6. The summed E-state index contributed by atoms with van der Waals surface area (Å²) in [5, 5.41) is 3.39. The van der Waals surface area contributed by atoms with Gasteiger partial charge >= 0.3 is 0 Å². The minimum Gasteiger partial charge on any atom is -0.377 e. The molecule has 2 heterocycles. The molecule has 0 aliphatic heterocycles. The van der Waals surface area contributed by atoms with Crippen molar-refractivity contribution in [2.24, 2.45) is 0 Å². The predicted octanol–water partition coefficient (Wildman–Crippen LogP) is 2.38. The minimum absolute atomic E-state index is 0.511. The first kappa shape index (κ1) is 12.6. The predicted molar refractivity (Wildman–Crippen MR) is 75.1 cm³/mol. The molecule has 0 unspecified atom stereocenters. The molecule has 0 bridgehead atoms. The van der Waals surface area contributed by atoms with Crippen LogP contribution in [0.15, 0.2) is 30.6 Å². The molecule has 4 heteroatoms. The third-order valence-corrected chi connectivity index (χ3v) is 3.65.